The molecule has 1 aromatic carbocycles. The van der Waals surface area contributed by atoms with Gasteiger partial charge >= 0.3 is 0 Å². The summed E-state index contributed by atoms with van der Waals surface area (Å²) in [6, 6.07) is 5.12. The fourth-order valence-corrected chi connectivity index (χ4v) is 2.82. The highest BCUT2D eigenvalue weighted by atomic mass is 35.5. The number of hydrazine groups is 1. The first kappa shape index (κ1) is 19.7. The van der Waals surface area contributed by atoms with E-state index in [-0.39, 0.29) is 22.2 Å². The fraction of sp³-hybridized carbons (Fsp3) is 0.200. The molecule has 0 saturated carbocycles. The number of aryl methyl sites for hydroxylation is 2. The first-order valence-electron chi connectivity index (χ1n) is 7.28. The Hall–Kier alpha value is -2.62. The normalized spacial score (nSPS) is 11.4. The van der Waals surface area contributed by atoms with Crippen LogP contribution in [0.25, 0.3) is 11.1 Å². The molecule has 9 nitrogen and oxygen atoms in total. The molecular weight excluding hydrogens is 381 g/mol. The third-order valence-electron chi connectivity index (χ3n) is 3.48. The van der Waals surface area contributed by atoms with Crippen molar-refractivity contribution in [2.75, 3.05) is 7.05 Å². The maximum atomic E-state index is 12.5. The van der Waals surface area contributed by atoms with Crippen molar-refractivity contribution in [1.29, 1.82) is 0 Å². The lowest BCUT2D eigenvalue weighted by Gasteiger charge is -2.16. The standard InChI is InChI=1S/C15H17Cl2N7O2/c1-7-4-5-8(9(16)6-7)10-11(17)12(22-24(3)14(10)26)13(25)20-15(21-18)23(2)19/h4-6H,18-19H2,1-3H3,(H,20,21,25). The van der Waals surface area contributed by atoms with Gasteiger partial charge in [0.1, 0.15) is 0 Å². The summed E-state index contributed by atoms with van der Waals surface area (Å²) in [7, 11) is 2.83. The van der Waals surface area contributed by atoms with Crippen LogP contribution in [0.3, 0.4) is 0 Å². The van der Waals surface area contributed by atoms with E-state index in [9.17, 15) is 9.59 Å². The smallest absolute Gasteiger partial charge is 0.280 e. The van der Waals surface area contributed by atoms with Crippen molar-refractivity contribution < 1.29 is 4.79 Å². The summed E-state index contributed by atoms with van der Waals surface area (Å²) >= 11 is 12.6. The van der Waals surface area contributed by atoms with Crippen molar-refractivity contribution in [2.24, 2.45) is 23.8 Å². The number of benzene rings is 1. The monoisotopic (exact) mass is 397 g/mol. The number of carbonyl (C=O) groups is 1. The molecule has 138 valence electrons. The van der Waals surface area contributed by atoms with E-state index < -0.39 is 11.5 Å². The third kappa shape index (κ3) is 3.79. The first-order chi connectivity index (χ1) is 12.2. The average Bonchev–Trinajstić information content (AvgIpc) is 2.57. The van der Waals surface area contributed by atoms with E-state index in [0.717, 1.165) is 15.3 Å². The van der Waals surface area contributed by atoms with E-state index in [0.29, 0.717) is 10.6 Å². The molecule has 0 unspecified atom stereocenters. The molecule has 1 amide bonds. The summed E-state index contributed by atoms with van der Waals surface area (Å²) in [6.07, 6.45) is 0. The second-order valence-electron chi connectivity index (χ2n) is 5.47. The lowest BCUT2D eigenvalue weighted by molar-refractivity contribution is 0.0965. The molecule has 0 radical (unpaired) electrons. The minimum atomic E-state index is -0.739. The number of amides is 1. The Labute approximate surface area is 159 Å². The molecule has 1 aromatic heterocycles. The maximum absolute atomic E-state index is 12.5. The van der Waals surface area contributed by atoms with Gasteiger partial charge in [0.15, 0.2) is 5.69 Å². The summed E-state index contributed by atoms with van der Waals surface area (Å²) in [4.78, 5) is 25.0. The second kappa shape index (κ2) is 7.73. The third-order valence-corrected chi connectivity index (χ3v) is 4.16. The van der Waals surface area contributed by atoms with Crippen LogP contribution in [0.4, 0.5) is 0 Å². The van der Waals surface area contributed by atoms with E-state index in [2.05, 4.69) is 15.5 Å². The molecule has 11 heteroatoms. The Morgan fingerprint density at radius 2 is 2.04 bits per heavy atom. The number of nitrogens with two attached hydrogens (primary N) is 2. The van der Waals surface area contributed by atoms with E-state index >= 15 is 0 Å². The van der Waals surface area contributed by atoms with E-state index in [1.807, 2.05) is 6.92 Å². The summed E-state index contributed by atoms with van der Waals surface area (Å²) in [5.74, 6) is 9.82. The SMILES string of the molecule is Cc1ccc(-c2c(Cl)c(C(=O)N/C(=N/N)N(C)N)nn(C)c2=O)c(Cl)c1. The van der Waals surface area contributed by atoms with E-state index in [4.69, 9.17) is 34.9 Å². The lowest BCUT2D eigenvalue weighted by Crippen LogP contribution is -2.46. The van der Waals surface area contributed by atoms with Gasteiger partial charge in [0.05, 0.1) is 10.6 Å². The van der Waals surface area contributed by atoms with Crippen molar-refractivity contribution in [1.82, 2.24) is 20.1 Å². The number of hydrogen-bond donors (Lipinski definition) is 3. The number of guanidine groups is 1. The molecule has 0 aliphatic carbocycles. The van der Waals surface area contributed by atoms with Crippen LogP contribution < -0.4 is 22.6 Å². The molecule has 5 N–H and O–H groups in total. The van der Waals surface area contributed by atoms with Crippen molar-refractivity contribution in [3.63, 3.8) is 0 Å². The predicted octanol–water partition coefficient (Wildman–Crippen LogP) is 0.828. The first-order valence-corrected chi connectivity index (χ1v) is 8.04. The zero-order chi connectivity index (χ0) is 19.6. The Morgan fingerprint density at radius 3 is 2.58 bits per heavy atom. The largest absolute Gasteiger partial charge is 0.320 e. The van der Waals surface area contributed by atoms with Gasteiger partial charge in [-0.15, -0.1) is 5.10 Å². The van der Waals surface area contributed by atoms with Crippen molar-refractivity contribution >= 4 is 35.1 Å². The number of nitrogens with zero attached hydrogens (tertiary/aromatic N) is 4. The predicted molar refractivity (Wildman–Crippen MR) is 101 cm³/mol. The summed E-state index contributed by atoms with van der Waals surface area (Å²) < 4.78 is 0.998. The van der Waals surface area contributed by atoms with Crippen molar-refractivity contribution in [2.45, 2.75) is 6.92 Å². The highest BCUT2D eigenvalue weighted by Crippen LogP contribution is 2.32. The van der Waals surface area contributed by atoms with Gasteiger partial charge in [0.25, 0.3) is 11.5 Å². The van der Waals surface area contributed by atoms with Crippen molar-refractivity contribution in [3.8, 4) is 11.1 Å². The second-order valence-corrected chi connectivity index (χ2v) is 6.25. The topological polar surface area (TPSA) is 132 Å². The van der Waals surface area contributed by atoms with Crippen LogP contribution in [0.15, 0.2) is 28.1 Å². The molecule has 1 heterocycles. The highest BCUT2D eigenvalue weighted by molar-refractivity contribution is 6.38. The number of hydrogen-bond acceptors (Lipinski definition) is 6. The van der Waals surface area contributed by atoms with Crippen LogP contribution >= 0.6 is 23.2 Å². The van der Waals surface area contributed by atoms with E-state index in [1.165, 1.54) is 14.1 Å². The molecule has 0 bridgehead atoms. The molecule has 0 aliphatic rings. The number of carbonyl (C=O) groups excluding carboxylic acids is 1. The molecule has 2 aromatic rings. The van der Waals surface area contributed by atoms with Gasteiger partial charge in [0, 0.05) is 24.7 Å². The quantitative estimate of drug-likeness (QED) is 0.297. The maximum Gasteiger partial charge on any atom is 0.280 e. The molecule has 0 spiro atoms. The Morgan fingerprint density at radius 1 is 1.38 bits per heavy atom. The average molecular weight is 398 g/mol. The fourth-order valence-electron chi connectivity index (χ4n) is 2.19. The molecular formula is C15H17Cl2N7O2. The lowest BCUT2D eigenvalue weighted by atomic mass is 10.0. The number of aromatic nitrogens is 2. The molecule has 26 heavy (non-hydrogen) atoms. The van der Waals surface area contributed by atoms with Gasteiger partial charge in [-0.05, 0) is 18.6 Å². The van der Waals surface area contributed by atoms with Gasteiger partial charge in [-0.25, -0.2) is 10.5 Å². The van der Waals surface area contributed by atoms with Gasteiger partial charge in [-0.3, -0.25) is 19.9 Å². The van der Waals surface area contributed by atoms with Crippen LogP contribution in [0.5, 0.6) is 0 Å². The molecule has 0 fully saturated rings. The number of rotatable bonds is 2. The van der Waals surface area contributed by atoms with Gasteiger partial charge in [-0.1, -0.05) is 35.3 Å². The van der Waals surface area contributed by atoms with Gasteiger partial charge in [-0.2, -0.15) is 5.10 Å². The van der Waals surface area contributed by atoms with Crippen LogP contribution in [0.1, 0.15) is 16.1 Å². The zero-order valence-corrected chi connectivity index (χ0v) is 15.8. The minimum Gasteiger partial charge on any atom is -0.320 e. The van der Waals surface area contributed by atoms with E-state index in [1.54, 1.807) is 18.2 Å². The minimum absolute atomic E-state index is 0.0617. The number of nitrogens with one attached hydrogen (secondary N) is 1. The van der Waals surface area contributed by atoms with Gasteiger partial charge < -0.3 is 5.84 Å². The molecule has 0 atom stereocenters. The number of halogens is 2. The van der Waals surface area contributed by atoms with Crippen LogP contribution in [-0.4, -0.2) is 33.7 Å². The molecule has 0 saturated heterocycles. The Kier molecular flexibility index (Phi) is 5.86. The summed E-state index contributed by atoms with van der Waals surface area (Å²) in [5.41, 5.74) is 0.660. The summed E-state index contributed by atoms with van der Waals surface area (Å²) in [5, 5.41) is 10.8. The molecule has 2 rings (SSSR count). The van der Waals surface area contributed by atoms with Gasteiger partial charge in [0.2, 0.25) is 5.96 Å². The van der Waals surface area contributed by atoms with Crippen LogP contribution in [0, 0.1) is 6.92 Å². The van der Waals surface area contributed by atoms with Crippen molar-refractivity contribution in [3.05, 3.63) is 49.9 Å². The number of hydrazone groups is 1. The highest BCUT2D eigenvalue weighted by Gasteiger charge is 2.23. The van der Waals surface area contributed by atoms with Crippen LogP contribution in [-0.2, 0) is 7.05 Å². The summed E-state index contributed by atoms with van der Waals surface area (Å²) in [6.45, 7) is 1.86. The van der Waals surface area contributed by atoms with Crippen LogP contribution in [0.2, 0.25) is 10.0 Å². The zero-order valence-electron chi connectivity index (χ0n) is 14.2. The Balaban J connectivity index is 2.63. The Bertz CT molecular complexity index is 954. The molecule has 0 aliphatic heterocycles.